The van der Waals surface area contributed by atoms with E-state index in [9.17, 15) is 8.42 Å². The third kappa shape index (κ3) is 3.46. The Morgan fingerprint density at radius 2 is 1.94 bits per heavy atom. The van der Waals surface area contributed by atoms with Crippen LogP contribution in [0.4, 0.5) is 0 Å². The van der Waals surface area contributed by atoms with Gasteiger partial charge in [-0.05, 0) is 44.0 Å². The van der Waals surface area contributed by atoms with Crippen LogP contribution in [0.25, 0.3) is 0 Å². The van der Waals surface area contributed by atoms with Crippen LogP contribution in [0.5, 0.6) is 5.75 Å². The molecule has 0 aliphatic carbocycles. The van der Waals surface area contributed by atoms with Crippen molar-refractivity contribution in [2.24, 2.45) is 5.92 Å². The van der Waals surface area contributed by atoms with Crippen LogP contribution in [0.1, 0.15) is 12.8 Å². The molecule has 0 spiro atoms. The third-order valence-corrected chi connectivity index (χ3v) is 4.32. The summed E-state index contributed by atoms with van der Waals surface area (Å²) in [7, 11) is -3.22. The fourth-order valence-corrected chi connectivity index (χ4v) is 2.95. The third-order valence-electron chi connectivity index (χ3n) is 3.18. The maximum atomic E-state index is 11.6. The Labute approximate surface area is 108 Å². The van der Waals surface area contributed by atoms with Gasteiger partial charge < -0.3 is 10.1 Å². The number of hydrogen-bond donors (Lipinski definition) is 1. The first-order valence-electron chi connectivity index (χ1n) is 6.20. The van der Waals surface area contributed by atoms with E-state index in [4.69, 9.17) is 4.74 Å². The van der Waals surface area contributed by atoms with Crippen molar-refractivity contribution in [3.63, 3.8) is 0 Å². The molecule has 1 aromatic carbocycles. The van der Waals surface area contributed by atoms with Crippen LogP contribution in [0, 0.1) is 5.92 Å². The number of rotatable bonds is 4. The van der Waals surface area contributed by atoms with Gasteiger partial charge in [0.2, 0.25) is 0 Å². The Bertz CT molecular complexity index is 493. The summed E-state index contributed by atoms with van der Waals surface area (Å²) >= 11 is 0. The quantitative estimate of drug-likeness (QED) is 0.899. The van der Waals surface area contributed by atoms with Gasteiger partial charge in [0.25, 0.3) is 0 Å². The van der Waals surface area contributed by atoms with Crippen LogP contribution in [-0.2, 0) is 9.84 Å². The fourth-order valence-electron chi connectivity index (χ4n) is 2.13. The van der Waals surface area contributed by atoms with Gasteiger partial charge in [-0.2, -0.15) is 0 Å². The lowest BCUT2D eigenvalue weighted by molar-refractivity contribution is 0.211. The summed E-state index contributed by atoms with van der Waals surface area (Å²) in [5.74, 6) is 0.984. The molecule has 1 heterocycles. The summed E-state index contributed by atoms with van der Waals surface area (Å²) in [6.45, 7) is 2.62. The Morgan fingerprint density at radius 3 is 2.61 bits per heavy atom. The van der Waals surface area contributed by atoms with Crippen LogP contribution >= 0.6 is 0 Å². The van der Waals surface area contributed by atoms with E-state index in [1.54, 1.807) is 24.3 Å². The van der Waals surface area contributed by atoms with Gasteiger partial charge >= 0.3 is 0 Å². The first-order valence-corrected chi connectivity index (χ1v) is 8.09. The molecule has 2 rings (SSSR count). The number of para-hydroxylation sites is 1. The molecule has 4 nitrogen and oxygen atoms in total. The molecule has 18 heavy (non-hydrogen) atoms. The van der Waals surface area contributed by atoms with Crippen molar-refractivity contribution in [1.29, 1.82) is 0 Å². The molecular weight excluding hydrogens is 250 g/mol. The van der Waals surface area contributed by atoms with Crippen molar-refractivity contribution < 1.29 is 13.2 Å². The van der Waals surface area contributed by atoms with Gasteiger partial charge in [-0.3, -0.25) is 0 Å². The highest BCUT2D eigenvalue weighted by atomic mass is 32.2. The SMILES string of the molecule is CS(=O)(=O)c1ccccc1OCC1CCNCC1. The van der Waals surface area contributed by atoms with E-state index < -0.39 is 9.84 Å². The smallest absolute Gasteiger partial charge is 0.179 e. The molecule has 0 radical (unpaired) electrons. The highest BCUT2D eigenvalue weighted by Gasteiger charge is 2.17. The van der Waals surface area contributed by atoms with Gasteiger partial charge in [-0.1, -0.05) is 12.1 Å². The number of nitrogens with one attached hydrogen (secondary N) is 1. The predicted octanol–water partition coefficient (Wildman–Crippen LogP) is 1.47. The molecule has 0 amide bonds. The fraction of sp³-hybridized carbons (Fsp3) is 0.538. The van der Waals surface area contributed by atoms with Gasteiger partial charge in [0.05, 0.1) is 6.61 Å². The van der Waals surface area contributed by atoms with Crippen LogP contribution in [0.3, 0.4) is 0 Å². The zero-order valence-corrected chi connectivity index (χ0v) is 11.4. The van der Waals surface area contributed by atoms with E-state index in [0.29, 0.717) is 18.3 Å². The molecule has 0 saturated carbocycles. The van der Waals surface area contributed by atoms with E-state index in [1.165, 1.54) is 6.26 Å². The number of piperidine rings is 1. The molecule has 5 heteroatoms. The number of sulfone groups is 1. The zero-order chi connectivity index (χ0) is 13.0. The minimum absolute atomic E-state index is 0.277. The minimum Gasteiger partial charge on any atom is -0.492 e. The van der Waals surface area contributed by atoms with Crippen molar-refractivity contribution >= 4 is 9.84 Å². The molecular formula is C13H19NO3S. The standard InChI is InChI=1S/C13H19NO3S/c1-18(15,16)13-5-3-2-4-12(13)17-10-11-6-8-14-9-7-11/h2-5,11,14H,6-10H2,1H3. The lowest BCUT2D eigenvalue weighted by Gasteiger charge is -2.23. The van der Waals surface area contributed by atoms with E-state index in [1.807, 2.05) is 0 Å². The Balaban J connectivity index is 2.05. The largest absolute Gasteiger partial charge is 0.492 e. The maximum Gasteiger partial charge on any atom is 0.179 e. The van der Waals surface area contributed by atoms with E-state index >= 15 is 0 Å². The molecule has 1 saturated heterocycles. The summed E-state index contributed by atoms with van der Waals surface area (Å²) < 4.78 is 28.9. The second kappa shape index (κ2) is 5.71. The Hall–Kier alpha value is -1.07. The number of hydrogen-bond acceptors (Lipinski definition) is 4. The molecule has 1 aliphatic heterocycles. The summed E-state index contributed by atoms with van der Waals surface area (Å²) in [4.78, 5) is 0.277. The molecule has 1 fully saturated rings. The van der Waals surface area contributed by atoms with Gasteiger partial charge in [0.1, 0.15) is 10.6 Å². The zero-order valence-electron chi connectivity index (χ0n) is 10.6. The van der Waals surface area contributed by atoms with Crippen molar-refractivity contribution in [2.45, 2.75) is 17.7 Å². The summed E-state index contributed by atoms with van der Waals surface area (Å²) in [6.07, 6.45) is 3.38. The second-order valence-electron chi connectivity index (χ2n) is 4.72. The highest BCUT2D eigenvalue weighted by Crippen LogP contribution is 2.24. The van der Waals surface area contributed by atoms with Crippen LogP contribution in [-0.4, -0.2) is 34.4 Å². The van der Waals surface area contributed by atoms with Crippen molar-refractivity contribution in [3.8, 4) is 5.75 Å². The maximum absolute atomic E-state index is 11.6. The summed E-state index contributed by atoms with van der Waals surface area (Å²) in [5, 5.41) is 3.30. The van der Waals surface area contributed by atoms with Crippen molar-refractivity contribution in [2.75, 3.05) is 26.0 Å². The van der Waals surface area contributed by atoms with E-state index in [2.05, 4.69) is 5.32 Å². The monoisotopic (exact) mass is 269 g/mol. The van der Waals surface area contributed by atoms with Crippen molar-refractivity contribution in [1.82, 2.24) is 5.32 Å². The first kappa shape index (κ1) is 13.4. The normalized spacial score (nSPS) is 17.6. The molecule has 0 atom stereocenters. The second-order valence-corrected chi connectivity index (χ2v) is 6.71. The molecule has 1 aliphatic rings. The van der Waals surface area contributed by atoms with E-state index in [-0.39, 0.29) is 4.90 Å². The molecule has 100 valence electrons. The topological polar surface area (TPSA) is 55.4 Å². The average Bonchev–Trinajstić information content (AvgIpc) is 2.37. The van der Waals surface area contributed by atoms with Gasteiger partial charge in [-0.25, -0.2) is 8.42 Å². The lowest BCUT2D eigenvalue weighted by atomic mass is 9.99. The minimum atomic E-state index is -3.22. The van der Waals surface area contributed by atoms with Gasteiger partial charge in [0.15, 0.2) is 9.84 Å². The van der Waals surface area contributed by atoms with Crippen LogP contribution in [0.2, 0.25) is 0 Å². The molecule has 0 unspecified atom stereocenters. The van der Waals surface area contributed by atoms with Gasteiger partial charge in [-0.15, -0.1) is 0 Å². The highest BCUT2D eigenvalue weighted by molar-refractivity contribution is 7.90. The molecule has 0 aromatic heterocycles. The van der Waals surface area contributed by atoms with Crippen LogP contribution in [0.15, 0.2) is 29.2 Å². The van der Waals surface area contributed by atoms with E-state index in [0.717, 1.165) is 25.9 Å². The number of benzene rings is 1. The predicted molar refractivity (Wildman–Crippen MR) is 70.6 cm³/mol. The van der Waals surface area contributed by atoms with Crippen LogP contribution < -0.4 is 10.1 Å². The average molecular weight is 269 g/mol. The molecule has 1 N–H and O–H groups in total. The Morgan fingerprint density at radius 1 is 1.28 bits per heavy atom. The summed E-state index contributed by atoms with van der Waals surface area (Å²) in [5.41, 5.74) is 0. The molecule has 1 aromatic rings. The first-order chi connectivity index (χ1) is 8.57. The van der Waals surface area contributed by atoms with Crippen molar-refractivity contribution in [3.05, 3.63) is 24.3 Å². The summed E-state index contributed by atoms with van der Waals surface area (Å²) in [6, 6.07) is 6.82. The lowest BCUT2D eigenvalue weighted by Crippen LogP contribution is -2.30. The Kier molecular flexibility index (Phi) is 4.24. The molecule has 0 bridgehead atoms. The van der Waals surface area contributed by atoms with Gasteiger partial charge in [0, 0.05) is 6.26 Å². The number of ether oxygens (including phenoxy) is 1.